The molecule has 1 fully saturated rings. The van der Waals surface area contributed by atoms with Crippen LogP contribution in [0.1, 0.15) is 40.0 Å². The van der Waals surface area contributed by atoms with Gasteiger partial charge in [0.25, 0.3) is 0 Å². The van der Waals surface area contributed by atoms with E-state index in [1.165, 1.54) is 12.8 Å². The molecule has 1 aliphatic rings. The zero-order valence-electron chi connectivity index (χ0n) is 11.3. The van der Waals surface area contributed by atoms with Crippen molar-refractivity contribution >= 4 is 17.3 Å². The van der Waals surface area contributed by atoms with Crippen LogP contribution >= 0.6 is 12.2 Å². The fraction of sp³-hybridized carbons (Fsp3) is 0.923. The summed E-state index contributed by atoms with van der Waals surface area (Å²) in [6.07, 6.45) is 3.56. The highest BCUT2D eigenvalue weighted by Gasteiger charge is 2.29. The van der Waals surface area contributed by atoms with E-state index in [-0.39, 0.29) is 0 Å². The first-order chi connectivity index (χ1) is 8.15. The number of hydrogen-bond donors (Lipinski definition) is 2. The Morgan fingerprint density at radius 1 is 1.35 bits per heavy atom. The molecule has 0 aromatic rings. The van der Waals surface area contributed by atoms with Crippen LogP contribution in [0.2, 0.25) is 0 Å². The van der Waals surface area contributed by atoms with Crippen LogP contribution in [0.15, 0.2) is 0 Å². The number of rotatable bonds is 6. The van der Waals surface area contributed by atoms with Gasteiger partial charge >= 0.3 is 0 Å². The van der Waals surface area contributed by atoms with Gasteiger partial charge < -0.3 is 15.4 Å². The van der Waals surface area contributed by atoms with Gasteiger partial charge in [0.05, 0.1) is 0 Å². The predicted molar refractivity (Wildman–Crippen MR) is 76.2 cm³/mol. The van der Waals surface area contributed by atoms with Gasteiger partial charge in [-0.2, -0.15) is 0 Å². The summed E-state index contributed by atoms with van der Waals surface area (Å²) < 4.78 is 5.28. The molecule has 0 aromatic carbocycles. The Labute approximate surface area is 111 Å². The lowest BCUT2D eigenvalue weighted by molar-refractivity contribution is 0.145. The SMILES string of the molecule is CCOCCCNC(=S)NC1CCC(C)C1C. The fourth-order valence-corrected chi connectivity index (χ4v) is 2.56. The second-order valence-corrected chi connectivity index (χ2v) is 5.38. The molecule has 0 saturated heterocycles. The van der Waals surface area contributed by atoms with E-state index in [4.69, 9.17) is 17.0 Å². The van der Waals surface area contributed by atoms with Crippen LogP contribution in [-0.4, -0.2) is 30.9 Å². The molecule has 4 heteroatoms. The van der Waals surface area contributed by atoms with E-state index in [2.05, 4.69) is 24.5 Å². The van der Waals surface area contributed by atoms with Crippen LogP contribution in [0.3, 0.4) is 0 Å². The van der Waals surface area contributed by atoms with Gasteiger partial charge in [0.1, 0.15) is 0 Å². The topological polar surface area (TPSA) is 33.3 Å². The van der Waals surface area contributed by atoms with Gasteiger partial charge in [0.2, 0.25) is 0 Å². The molecule has 0 spiro atoms. The first-order valence-corrected chi connectivity index (χ1v) is 7.18. The van der Waals surface area contributed by atoms with Crippen molar-refractivity contribution in [1.82, 2.24) is 10.6 Å². The van der Waals surface area contributed by atoms with Crippen LogP contribution in [0.4, 0.5) is 0 Å². The van der Waals surface area contributed by atoms with E-state index in [0.717, 1.165) is 43.1 Å². The van der Waals surface area contributed by atoms with Crippen molar-refractivity contribution in [2.75, 3.05) is 19.8 Å². The lowest BCUT2D eigenvalue weighted by Gasteiger charge is -2.21. The number of nitrogens with one attached hydrogen (secondary N) is 2. The molecule has 0 bridgehead atoms. The van der Waals surface area contributed by atoms with Gasteiger partial charge in [0, 0.05) is 25.8 Å². The van der Waals surface area contributed by atoms with E-state index in [1.807, 2.05) is 6.92 Å². The molecule has 0 amide bonds. The molecule has 0 aromatic heterocycles. The maximum atomic E-state index is 5.30. The van der Waals surface area contributed by atoms with Crippen molar-refractivity contribution in [2.45, 2.75) is 46.1 Å². The number of hydrogen-bond acceptors (Lipinski definition) is 2. The minimum atomic E-state index is 0.553. The summed E-state index contributed by atoms with van der Waals surface area (Å²) in [5.41, 5.74) is 0. The average Bonchev–Trinajstić information content (AvgIpc) is 2.61. The van der Waals surface area contributed by atoms with Crippen LogP contribution in [-0.2, 0) is 4.74 Å². The lowest BCUT2D eigenvalue weighted by Crippen LogP contribution is -2.43. The Balaban J connectivity index is 2.09. The molecule has 3 unspecified atom stereocenters. The van der Waals surface area contributed by atoms with Gasteiger partial charge in [-0.1, -0.05) is 13.8 Å². The van der Waals surface area contributed by atoms with E-state index in [0.29, 0.717) is 6.04 Å². The van der Waals surface area contributed by atoms with E-state index in [9.17, 15) is 0 Å². The third kappa shape index (κ3) is 5.21. The van der Waals surface area contributed by atoms with Crippen LogP contribution in [0.5, 0.6) is 0 Å². The molecule has 0 heterocycles. The highest BCUT2D eigenvalue weighted by Crippen LogP contribution is 2.30. The molecule has 17 heavy (non-hydrogen) atoms. The van der Waals surface area contributed by atoms with E-state index in [1.54, 1.807) is 0 Å². The van der Waals surface area contributed by atoms with Gasteiger partial charge in [-0.25, -0.2) is 0 Å². The summed E-state index contributed by atoms with van der Waals surface area (Å²) in [7, 11) is 0. The quantitative estimate of drug-likeness (QED) is 0.566. The van der Waals surface area contributed by atoms with Gasteiger partial charge in [-0.3, -0.25) is 0 Å². The predicted octanol–water partition coefficient (Wildman–Crippen LogP) is 2.31. The zero-order valence-corrected chi connectivity index (χ0v) is 12.1. The van der Waals surface area contributed by atoms with E-state index >= 15 is 0 Å². The maximum Gasteiger partial charge on any atom is 0.166 e. The average molecular weight is 258 g/mol. The lowest BCUT2D eigenvalue weighted by atomic mass is 9.98. The van der Waals surface area contributed by atoms with E-state index < -0.39 is 0 Å². The van der Waals surface area contributed by atoms with Gasteiger partial charge in [-0.15, -0.1) is 0 Å². The summed E-state index contributed by atoms with van der Waals surface area (Å²) >= 11 is 5.30. The molecule has 1 rings (SSSR count). The molecular formula is C13H26N2OS. The first-order valence-electron chi connectivity index (χ1n) is 6.77. The Bertz CT molecular complexity index is 235. The minimum Gasteiger partial charge on any atom is -0.382 e. The highest BCUT2D eigenvalue weighted by atomic mass is 32.1. The van der Waals surface area contributed by atoms with Crippen molar-refractivity contribution in [3.8, 4) is 0 Å². The van der Waals surface area contributed by atoms with Gasteiger partial charge in [0.15, 0.2) is 5.11 Å². The second-order valence-electron chi connectivity index (χ2n) is 4.97. The molecule has 3 atom stereocenters. The van der Waals surface area contributed by atoms with Crippen molar-refractivity contribution in [2.24, 2.45) is 11.8 Å². The Kier molecular flexibility index (Phi) is 6.82. The Hall–Kier alpha value is -0.350. The molecular weight excluding hydrogens is 232 g/mol. The van der Waals surface area contributed by atoms with Crippen LogP contribution < -0.4 is 10.6 Å². The second kappa shape index (κ2) is 7.88. The van der Waals surface area contributed by atoms with Crippen molar-refractivity contribution < 1.29 is 4.74 Å². The standard InChI is InChI=1S/C13H26N2OS/c1-4-16-9-5-8-14-13(17)15-12-7-6-10(2)11(12)3/h10-12H,4-9H2,1-3H3,(H2,14,15,17). The van der Waals surface area contributed by atoms with Crippen molar-refractivity contribution in [1.29, 1.82) is 0 Å². The molecule has 0 aliphatic heterocycles. The summed E-state index contributed by atoms with van der Waals surface area (Å²) in [5.74, 6) is 1.53. The summed E-state index contributed by atoms with van der Waals surface area (Å²) in [5, 5.41) is 7.47. The summed E-state index contributed by atoms with van der Waals surface area (Å²) in [4.78, 5) is 0. The monoisotopic (exact) mass is 258 g/mol. The first kappa shape index (κ1) is 14.7. The van der Waals surface area contributed by atoms with Crippen molar-refractivity contribution in [3.05, 3.63) is 0 Å². The molecule has 1 aliphatic carbocycles. The Morgan fingerprint density at radius 3 is 2.71 bits per heavy atom. The molecule has 0 radical (unpaired) electrons. The third-order valence-corrected chi connectivity index (χ3v) is 4.00. The summed E-state index contributed by atoms with van der Waals surface area (Å²) in [6, 6.07) is 0.553. The molecule has 3 nitrogen and oxygen atoms in total. The largest absolute Gasteiger partial charge is 0.382 e. The minimum absolute atomic E-state index is 0.553. The number of thiocarbonyl (C=S) groups is 1. The smallest absolute Gasteiger partial charge is 0.166 e. The van der Waals surface area contributed by atoms with Crippen LogP contribution in [0, 0.1) is 11.8 Å². The fourth-order valence-electron chi connectivity index (χ4n) is 2.31. The molecule has 1 saturated carbocycles. The molecule has 100 valence electrons. The highest BCUT2D eigenvalue weighted by molar-refractivity contribution is 7.80. The van der Waals surface area contributed by atoms with Crippen LogP contribution in [0.25, 0.3) is 0 Å². The van der Waals surface area contributed by atoms with Gasteiger partial charge in [-0.05, 0) is 50.2 Å². The van der Waals surface area contributed by atoms with Crippen molar-refractivity contribution in [3.63, 3.8) is 0 Å². The molecule has 2 N–H and O–H groups in total. The Morgan fingerprint density at radius 2 is 2.12 bits per heavy atom. The normalized spacial score (nSPS) is 28.1. The maximum absolute atomic E-state index is 5.30. The summed E-state index contributed by atoms with van der Waals surface area (Å²) in [6.45, 7) is 9.14. The number of ether oxygens (including phenoxy) is 1. The zero-order chi connectivity index (χ0) is 12.7. The third-order valence-electron chi connectivity index (χ3n) is 3.74.